The molecule has 3 aromatic rings. The Morgan fingerprint density at radius 3 is 2.83 bits per heavy atom. The summed E-state index contributed by atoms with van der Waals surface area (Å²) in [5, 5.41) is 5.79. The Hall–Kier alpha value is -3.48. The lowest BCUT2D eigenvalue weighted by molar-refractivity contribution is 0.0935. The van der Waals surface area contributed by atoms with Crippen LogP contribution in [0.2, 0.25) is 0 Å². The van der Waals surface area contributed by atoms with E-state index in [0.717, 1.165) is 41.8 Å². The van der Waals surface area contributed by atoms with Gasteiger partial charge in [0.1, 0.15) is 0 Å². The van der Waals surface area contributed by atoms with Crippen molar-refractivity contribution >= 4 is 17.5 Å². The van der Waals surface area contributed by atoms with Gasteiger partial charge in [0.2, 0.25) is 0 Å². The van der Waals surface area contributed by atoms with E-state index in [2.05, 4.69) is 20.6 Å². The summed E-state index contributed by atoms with van der Waals surface area (Å²) >= 11 is 0. The van der Waals surface area contributed by atoms with Crippen LogP contribution in [0.4, 0.5) is 5.69 Å². The number of imidazole rings is 1. The normalized spacial score (nSPS) is 12.9. The molecule has 7 heteroatoms. The zero-order chi connectivity index (χ0) is 20.2. The maximum atomic E-state index is 12.9. The van der Waals surface area contributed by atoms with Gasteiger partial charge in [-0.05, 0) is 55.5 Å². The van der Waals surface area contributed by atoms with Crippen LogP contribution in [0.5, 0.6) is 0 Å². The average Bonchev–Trinajstić information content (AvgIpc) is 3.13. The molecule has 0 saturated carbocycles. The van der Waals surface area contributed by atoms with Crippen LogP contribution in [0.3, 0.4) is 0 Å². The molecule has 4 rings (SSSR count). The first kappa shape index (κ1) is 18.9. The summed E-state index contributed by atoms with van der Waals surface area (Å²) in [6.07, 6.45) is 6.08. The van der Waals surface area contributed by atoms with Gasteiger partial charge in [-0.1, -0.05) is 18.2 Å². The van der Waals surface area contributed by atoms with Crippen molar-refractivity contribution in [3.05, 3.63) is 77.1 Å². The highest BCUT2D eigenvalue weighted by molar-refractivity contribution is 6.05. The number of hydrogen-bond acceptors (Lipinski definition) is 4. The molecule has 1 aromatic carbocycles. The molecule has 0 aliphatic carbocycles. The molecule has 0 unspecified atom stereocenters. The Balaban J connectivity index is 1.56. The largest absolute Gasteiger partial charge is 0.345 e. The highest BCUT2D eigenvalue weighted by atomic mass is 16.2. The minimum atomic E-state index is -0.286. The first-order valence-corrected chi connectivity index (χ1v) is 9.76. The molecule has 29 heavy (non-hydrogen) atoms. The van der Waals surface area contributed by atoms with Crippen molar-refractivity contribution in [2.45, 2.75) is 39.3 Å². The van der Waals surface area contributed by atoms with E-state index in [9.17, 15) is 9.59 Å². The van der Waals surface area contributed by atoms with Crippen molar-refractivity contribution in [2.75, 3.05) is 5.32 Å². The topological polar surface area (TPSA) is 88.9 Å². The minimum absolute atomic E-state index is 0.285. The van der Waals surface area contributed by atoms with E-state index in [1.54, 1.807) is 12.4 Å². The molecule has 2 aromatic heterocycles. The number of pyridine rings is 1. The van der Waals surface area contributed by atoms with Crippen LogP contribution in [-0.2, 0) is 19.5 Å². The van der Waals surface area contributed by atoms with Gasteiger partial charge in [0.15, 0.2) is 11.5 Å². The number of carbonyl (C=O) groups excluding carboxylic acids is 2. The van der Waals surface area contributed by atoms with Crippen LogP contribution in [0.1, 0.15) is 50.8 Å². The van der Waals surface area contributed by atoms with E-state index in [0.29, 0.717) is 18.8 Å². The van der Waals surface area contributed by atoms with Gasteiger partial charge in [-0.15, -0.1) is 0 Å². The predicted octanol–water partition coefficient (Wildman–Crippen LogP) is 3.11. The Morgan fingerprint density at radius 2 is 2.03 bits per heavy atom. The molecule has 2 N–H and O–H groups in total. The fourth-order valence-corrected chi connectivity index (χ4v) is 3.58. The van der Waals surface area contributed by atoms with Crippen molar-refractivity contribution in [1.82, 2.24) is 19.9 Å². The second-order valence-electron chi connectivity index (χ2n) is 7.21. The third kappa shape index (κ3) is 4.18. The number of carbonyl (C=O) groups is 2. The highest BCUT2D eigenvalue weighted by Gasteiger charge is 2.27. The number of hydrogen-bond donors (Lipinski definition) is 2. The summed E-state index contributed by atoms with van der Waals surface area (Å²) in [6.45, 7) is 3.02. The standard InChI is InChI=1S/C22H23N5O2/c1-15-6-4-8-17(12-15)25-21(28)19-18-9-2-3-11-27(18)20(26-19)22(29)24-14-16-7-5-10-23-13-16/h4-8,10,12-13H,2-3,9,11,14H2,1H3,(H,24,29)(H,25,28). The van der Waals surface area contributed by atoms with Crippen LogP contribution < -0.4 is 10.6 Å². The van der Waals surface area contributed by atoms with Gasteiger partial charge in [-0.2, -0.15) is 0 Å². The maximum Gasteiger partial charge on any atom is 0.287 e. The molecule has 0 spiro atoms. The third-order valence-electron chi connectivity index (χ3n) is 4.99. The Kier molecular flexibility index (Phi) is 5.37. The molecule has 0 radical (unpaired) electrons. The smallest absolute Gasteiger partial charge is 0.287 e. The molecule has 2 amide bonds. The number of anilines is 1. The first-order chi connectivity index (χ1) is 14.1. The molecule has 0 bridgehead atoms. The fraction of sp³-hybridized carbons (Fsp3) is 0.273. The zero-order valence-electron chi connectivity index (χ0n) is 16.3. The van der Waals surface area contributed by atoms with E-state index >= 15 is 0 Å². The molecule has 148 valence electrons. The number of fused-ring (bicyclic) bond motifs is 1. The van der Waals surface area contributed by atoms with Crippen molar-refractivity contribution in [1.29, 1.82) is 0 Å². The molecule has 0 fully saturated rings. The lowest BCUT2D eigenvalue weighted by Gasteiger charge is -2.17. The van der Waals surface area contributed by atoms with Crippen LogP contribution in [0.25, 0.3) is 0 Å². The monoisotopic (exact) mass is 389 g/mol. The van der Waals surface area contributed by atoms with Crippen LogP contribution in [-0.4, -0.2) is 26.3 Å². The quantitative estimate of drug-likeness (QED) is 0.702. The van der Waals surface area contributed by atoms with Crippen molar-refractivity contribution < 1.29 is 9.59 Å². The van der Waals surface area contributed by atoms with E-state index in [4.69, 9.17) is 0 Å². The number of rotatable bonds is 5. The summed E-state index contributed by atoms with van der Waals surface area (Å²) in [7, 11) is 0. The summed E-state index contributed by atoms with van der Waals surface area (Å²) < 4.78 is 1.88. The Labute approximate surface area is 169 Å². The van der Waals surface area contributed by atoms with Crippen LogP contribution >= 0.6 is 0 Å². The molecule has 0 saturated heterocycles. The number of aromatic nitrogens is 3. The third-order valence-corrected chi connectivity index (χ3v) is 4.99. The second kappa shape index (κ2) is 8.26. The number of aryl methyl sites for hydroxylation is 1. The fourth-order valence-electron chi connectivity index (χ4n) is 3.58. The van der Waals surface area contributed by atoms with Crippen molar-refractivity contribution in [3.8, 4) is 0 Å². The van der Waals surface area contributed by atoms with Gasteiger partial charge >= 0.3 is 0 Å². The lowest BCUT2D eigenvalue weighted by Crippen LogP contribution is -2.27. The van der Waals surface area contributed by atoms with Gasteiger partial charge < -0.3 is 15.2 Å². The molecular weight excluding hydrogens is 366 g/mol. The molecular formula is C22H23N5O2. The minimum Gasteiger partial charge on any atom is -0.345 e. The maximum absolute atomic E-state index is 12.9. The van der Waals surface area contributed by atoms with Gasteiger partial charge in [0.05, 0.1) is 5.69 Å². The van der Waals surface area contributed by atoms with Gasteiger partial charge in [0, 0.05) is 31.2 Å². The average molecular weight is 389 g/mol. The number of amides is 2. The zero-order valence-corrected chi connectivity index (χ0v) is 16.3. The van der Waals surface area contributed by atoms with E-state index in [1.807, 2.05) is 47.9 Å². The molecule has 7 nitrogen and oxygen atoms in total. The molecule has 1 aliphatic rings. The SMILES string of the molecule is Cc1cccc(NC(=O)c2nc(C(=O)NCc3cccnc3)n3c2CCCC3)c1. The van der Waals surface area contributed by atoms with Crippen molar-refractivity contribution in [2.24, 2.45) is 0 Å². The number of benzene rings is 1. The Morgan fingerprint density at radius 1 is 1.14 bits per heavy atom. The summed E-state index contributed by atoms with van der Waals surface area (Å²) in [5.41, 5.74) is 3.84. The van der Waals surface area contributed by atoms with Crippen LogP contribution in [0, 0.1) is 6.92 Å². The highest BCUT2D eigenvalue weighted by Crippen LogP contribution is 2.22. The summed E-state index contributed by atoms with van der Waals surface area (Å²) in [6, 6.07) is 11.3. The van der Waals surface area contributed by atoms with Gasteiger partial charge in [-0.25, -0.2) is 4.98 Å². The van der Waals surface area contributed by atoms with Crippen LogP contribution in [0.15, 0.2) is 48.8 Å². The van der Waals surface area contributed by atoms with Crippen molar-refractivity contribution in [3.63, 3.8) is 0 Å². The molecule has 1 aliphatic heterocycles. The lowest BCUT2D eigenvalue weighted by atomic mass is 10.1. The van der Waals surface area contributed by atoms with E-state index in [1.165, 1.54) is 0 Å². The van der Waals surface area contributed by atoms with Gasteiger partial charge in [-0.3, -0.25) is 14.6 Å². The Bertz CT molecular complexity index is 1040. The van der Waals surface area contributed by atoms with E-state index < -0.39 is 0 Å². The first-order valence-electron chi connectivity index (χ1n) is 9.76. The second-order valence-corrected chi connectivity index (χ2v) is 7.21. The summed E-state index contributed by atoms with van der Waals surface area (Å²) in [4.78, 5) is 34.2. The number of nitrogens with zero attached hydrogens (tertiary/aromatic N) is 3. The molecule has 3 heterocycles. The summed E-state index contributed by atoms with van der Waals surface area (Å²) in [5.74, 6) is -0.280. The number of nitrogens with one attached hydrogen (secondary N) is 2. The van der Waals surface area contributed by atoms with E-state index in [-0.39, 0.29) is 17.6 Å². The van der Waals surface area contributed by atoms with Gasteiger partial charge in [0.25, 0.3) is 11.8 Å². The predicted molar refractivity (Wildman–Crippen MR) is 110 cm³/mol. The molecule has 0 atom stereocenters.